The summed E-state index contributed by atoms with van der Waals surface area (Å²) in [7, 11) is 0. The molecule has 0 spiro atoms. The number of rotatable bonds is 6. The number of amides is 1. The fraction of sp³-hybridized carbons (Fsp3) is 0.385. The predicted octanol–water partition coefficient (Wildman–Crippen LogP) is 0.956. The smallest absolute Gasteiger partial charge is 0.259 e. The van der Waals surface area contributed by atoms with Gasteiger partial charge in [-0.15, -0.1) is 0 Å². The van der Waals surface area contributed by atoms with Crippen molar-refractivity contribution in [3.63, 3.8) is 0 Å². The van der Waals surface area contributed by atoms with Gasteiger partial charge < -0.3 is 48.5 Å². The van der Waals surface area contributed by atoms with Gasteiger partial charge in [-0.3, -0.25) is 4.79 Å². The summed E-state index contributed by atoms with van der Waals surface area (Å²) in [6, 6.07) is 10.9. The highest BCUT2D eigenvalue weighted by molar-refractivity contribution is 6.31. The van der Waals surface area contributed by atoms with Crippen LogP contribution in [0.2, 0.25) is 5.02 Å². The van der Waals surface area contributed by atoms with Crippen molar-refractivity contribution in [2.75, 3.05) is 46.6 Å². The summed E-state index contributed by atoms with van der Waals surface area (Å²) >= 11 is 5.96. The lowest BCUT2D eigenvalue weighted by atomic mass is 10.0. The van der Waals surface area contributed by atoms with Gasteiger partial charge in [0.25, 0.3) is 5.91 Å². The Kier molecular flexibility index (Phi) is 8.19. The Morgan fingerprint density at radius 3 is 1.82 bits per heavy atom. The number of aromatic nitrogens is 3. The molecule has 13 nitrogen and oxygen atoms in total. The molecule has 3 heterocycles. The molecule has 1 aromatic heterocycles. The van der Waals surface area contributed by atoms with Gasteiger partial charge in [0.05, 0.1) is 5.56 Å². The molecule has 14 heteroatoms. The van der Waals surface area contributed by atoms with Gasteiger partial charge in [-0.05, 0) is 55.3 Å². The molecule has 2 fully saturated rings. The molecular weight excluding hydrogens is 534 g/mol. The van der Waals surface area contributed by atoms with E-state index in [0.717, 1.165) is 12.8 Å². The standard InChI is InChI=1S/C26H34ClN11O2/c27-14-1-6-22(39)21(7-14)23(40)32-19-2-4-20(5-3-19)33-24-34-25(37-10-15(28)8-16(29)11-37)36-26(35-24)38-12-17(30)9-18(31)13-38/h1-7,15-18,39H,8-13,28-31H2,(H,32,40)(H,33,34,35,36)/t15-,16+,17-,18+. The second-order valence-corrected chi connectivity index (χ2v) is 10.8. The number of carbonyl (C=O) groups excluding carboxylic acids is 1. The van der Waals surface area contributed by atoms with Crippen LogP contribution >= 0.6 is 11.6 Å². The van der Waals surface area contributed by atoms with E-state index in [1.54, 1.807) is 24.3 Å². The average Bonchev–Trinajstić information content (AvgIpc) is 2.90. The third-order valence-corrected chi connectivity index (χ3v) is 7.05. The molecule has 1 amide bonds. The molecule has 2 aliphatic heterocycles. The van der Waals surface area contributed by atoms with Gasteiger partial charge in [0, 0.05) is 66.7 Å². The summed E-state index contributed by atoms with van der Waals surface area (Å²) in [5.41, 5.74) is 26.2. The summed E-state index contributed by atoms with van der Waals surface area (Å²) < 4.78 is 0. The van der Waals surface area contributed by atoms with E-state index >= 15 is 0 Å². The first-order valence-corrected chi connectivity index (χ1v) is 13.5. The molecule has 0 bridgehead atoms. The van der Waals surface area contributed by atoms with Crippen LogP contribution in [0.4, 0.5) is 29.2 Å². The highest BCUT2D eigenvalue weighted by Crippen LogP contribution is 2.26. The van der Waals surface area contributed by atoms with E-state index in [0.29, 0.717) is 60.4 Å². The molecule has 0 unspecified atom stereocenters. The third kappa shape index (κ3) is 6.69. The van der Waals surface area contributed by atoms with Crippen molar-refractivity contribution in [3.8, 4) is 5.75 Å². The number of carbonyl (C=O) groups is 1. The van der Waals surface area contributed by atoms with E-state index in [4.69, 9.17) is 39.5 Å². The Labute approximate surface area is 236 Å². The van der Waals surface area contributed by atoms with E-state index in [1.165, 1.54) is 18.2 Å². The Hall–Kier alpha value is -3.75. The molecule has 0 saturated carbocycles. The molecule has 2 aliphatic rings. The number of halogens is 1. The molecule has 212 valence electrons. The zero-order chi connectivity index (χ0) is 28.4. The van der Waals surface area contributed by atoms with E-state index < -0.39 is 5.91 Å². The minimum atomic E-state index is -0.483. The maximum absolute atomic E-state index is 12.6. The molecule has 11 N–H and O–H groups in total. The quantitative estimate of drug-likeness (QED) is 0.222. The number of phenols is 1. The first kappa shape index (κ1) is 27.8. The second kappa shape index (κ2) is 11.8. The topological polar surface area (TPSA) is 211 Å². The van der Waals surface area contributed by atoms with Crippen LogP contribution in [-0.2, 0) is 0 Å². The van der Waals surface area contributed by atoms with Crippen molar-refractivity contribution in [2.24, 2.45) is 22.9 Å². The first-order chi connectivity index (χ1) is 19.1. The van der Waals surface area contributed by atoms with Crippen LogP contribution in [0.25, 0.3) is 0 Å². The van der Waals surface area contributed by atoms with Gasteiger partial charge in [0.15, 0.2) is 0 Å². The van der Waals surface area contributed by atoms with Gasteiger partial charge in [-0.1, -0.05) is 11.6 Å². The molecule has 2 saturated heterocycles. The number of nitrogens with one attached hydrogen (secondary N) is 2. The highest BCUT2D eigenvalue weighted by atomic mass is 35.5. The fourth-order valence-corrected chi connectivity index (χ4v) is 5.20. The van der Waals surface area contributed by atoms with E-state index in [9.17, 15) is 9.90 Å². The lowest BCUT2D eigenvalue weighted by Crippen LogP contribution is -2.54. The van der Waals surface area contributed by atoms with Crippen molar-refractivity contribution < 1.29 is 9.90 Å². The molecule has 4 atom stereocenters. The van der Waals surface area contributed by atoms with Crippen LogP contribution in [0.5, 0.6) is 5.75 Å². The van der Waals surface area contributed by atoms with E-state index in [-0.39, 0.29) is 35.5 Å². The first-order valence-electron chi connectivity index (χ1n) is 13.1. The van der Waals surface area contributed by atoms with Crippen molar-refractivity contribution in [1.29, 1.82) is 0 Å². The number of phenolic OH excluding ortho intramolecular Hbond substituents is 1. The molecule has 0 aliphatic carbocycles. The lowest BCUT2D eigenvalue weighted by Gasteiger charge is -2.37. The summed E-state index contributed by atoms with van der Waals surface area (Å²) in [4.78, 5) is 30.6. The number of nitrogens with two attached hydrogens (primary N) is 4. The van der Waals surface area contributed by atoms with Crippen LogP contribution in [0.1, 0.15) is 23.2 Å². The van der Waals surface area contributed by atoms with Crippen molar-refractivity contribution >= 4 is 46.7 Å². The minimum Gasteiger partial charge on any atom is -0.507 e. The number of piperidine rings is 2. The van der Waals surface area contributed by atoms with Crippen LogP contribution in [0, 0.1) is 0 Å². The Bertz CT molecular complexity index is 1290. The van der Waals surface area contributed by atoms with Gasteiger partial charge in [-0.2, -0.15) is 15.0 Å². The van der Waals surface area contributed by atoms with Crippen molar-refractivity contribution in [3.05, 3.63) is 53.1 Å². The van der Waals surface area contributed by atoms with E-state index in [2.05, 4.69) is 20.6 Å². The molecule has 5 rings (SSSR count). The second-order valence-electron chi connectivity index (χ2n) is 10.4. The number of benzene rings is 2. The minimum absolute atomic E-state index is 0.0780. The van der Waals surface area contributed by atoms with Gasteiger partial charge in [0.1, 0.15) is 5.75 Å². The molecule has 2 aromatic carbocycles. The zero-order valence-corrected chi connectivity index (χ0v) is 22.6. The Balaban J connectivity index is 1.36. The number of hydrogen-bond donors (Lipinski definition) is 7. The SMILES string of the molecule is N[C@@H]1C[C@H](N)CN(c2nc(Nc3ccc(NC(=O)c4cc(Cl)ccc4O)cc3)nc(N3C[C@H](N)C[C@H](N)C3)n2)C1. The van der Waals surface area contributed by atoms with Gasteiger partial charge in [-0.25, -0.2) is 0 Å². The maximum Gasteiger partial charge on any atom is 0.259 e. The maximum atomic E-state index is 12.6. The molecule has 40 heavy (non-hydrogen) atoms. The summed E-state index contributed by atoms with van der Waals surface area (Å²) in [5.74, 6) is 0.629. The van der Waals surface area contributed by atoms with Gasteiger partial charge >= 0.3 is 0 Å². The Morgan fingerprint density at radius 2 is 1.30 bits per heavy atom. The fourth-order valence-electron chi connectivity index (χ4n) is 5.03. The lowest BCUT2D eigenvalue weighted by molar-refractivity contribution is 0.102. The van der Waals surface area contributed by atoms with Gasteiger partial charge in [0.2, 0.25) is 17.8 Å². The number of hydrogen-bond acceptors (Lipinski definition) is 12. The largest absolute Gasteiger partial charge is 0.507 e. The zero-order valence-electron chi connectivity index (χ0n) is 21.9. The Morgan fingerprint density at radius 1 is 0.800 bits per heavy atom. The molecule has 0 radical (unpaired) electrons. The van der Waals surface area contributed by atoms with Crippen LogP contribution in [-0.4, -0.2) is 76.3 Å². The van der Waals surface area contributed by atoms with E-state index in [1.807, 2.05) is 9.80 Å². The third-order valence-electron chi connectivity index (χ3n) is 6.81. The highest BCUT2D eigenvalue weighted by Gasteiger charge is 2.28. The average molecular weight is 568 g/mol. The van der Waals surface area contributed by atoms with Crippen molar-refractivity contribution in [2.45, 2.75) is 37.0 Å². The predicted molar refractivity (Wildman–Crippen MR) is 156 cm³/mol. The van der Waals surface area contributed by atoms with Crippen LogP contribution < -0.4 is 43.4 Å². The van der Waals surface area contributed by atoms with Crippen molar-refractivity contribution in [1.82, 2.24) is 15.0 Å². The summed E-state index contributed by atoms with van der Waals surface area (Å²) in [6.45, 7) is 2.30. The number of aromatic hydroxyl groups is 1. The summed E-state index contributed by atoms with van der Waals surface area (Å²) in [5, 5.41) is 16.3. The number of nitrogens with zero attached hydrogens (tertiary/aromatic N) is 5. The van der Waals surface area contributed by atoms with Crippen LogP contribution in [0.3, 0.4) is 0 Å². The molecular formula is C26H34ClN11O2. The van der Waals surface area contributed by atoms with Crippen LogP contribution in [0.15, 0.2) is 42.5 Å². The normalized spacial score (nSPS) is 23.1. The molecule has 3 aromatic rings. The summed E-state index contributed by atoms with van der Waals surface area (Å²) in [6.07, 6.45) is 1.46. The monoisotopic (exact) mass is 567 g/mol. The number of anilines is 5.